The summed E-state index contributed by atoms with van der Waals surface area (Å²) in [6.45, 7) is -0.331. The van der Waals surface area contributed by atoms with Gasteiger partial charge in [0.05, 0.1) is 23.6 Å². The Balaban J connectivity index is 2.06. The van der Waals surface area contributed by atoms with Crippen LogP contribution in [-0.2, 0) is 14.8 Å². The fourth-order valence-corrected chi connectivity index (χ4v) is 3.67. The van der Waals surface area contributed by atoms with Crippen LogP contribution in [0.25, 0.3) is 0 Å². The minimum atomic E-state index is -3.76. The maximum Gasteiger partial charge on any atom is 0.243 e. The van der Waals surface area contributed by atoms with Crippen LogP contribution in [0.3, 0.4) is 0 Å². The van der Waals surface area contributed by atoms with E-state index in [2.05, 4.69) is 21.2 Å². The number of carbonyl (C=O) groups is 1. The van der Waals surface area contributed by atoms with Crippen LogP contribution < -0.4 is 10.1 Å². The topological polar surface area (TPSA) is 75.7 Å². The van der Waals surface area contributed by atoms with Crippen LogP contribution in [0.4, 0.5) is 5.69 Å². The molecule has 134 valence electrons. The van der Waals surface area contributed by atoms with E-state index in [-0.39, 0.29) is 11.4 Å². The largest absolute Gasteiger partial charge is 0.495 e. The molecule has 0 fully saturated rings. The highest BCUT2D eigenvalue weighted by atomic mass is 79.9. The number of ether oxygens (including phenoxy) is 1. The highest BCUT2D eigenvalue weighted by Gasteiger charge is 2.23. The number of nitrogens with zero attached hydrogens (tertiary/aromatic N) is 1. The Kier molecular flexibility index (Phi) is 6.45. The summed E-state index contributed by atoms with van der Waals surface area (Å²) >= 11 is 9.25. The number of rotatable bonds is 6. The van der Waals surface area contributed by atoms with Gasteiger partial charge in [-0.2, -0.15) is 4.31 Å². The Morgan fingerprint density at radius 1 is 1.24 bits per heavy atom. The molecule has 9 heteroatoms. The van der Waals surface area contributed by atoms with Crippen LogP contribution in [0.5, 0.6) is 5.75 Å². The Morgan fingerprint density at radius 2 is 1.88 bits per heavy atom. The predicted octanol–water partition coefficient (Wildman–Crippen LogP) is 3.37. The molecule has 0 aliphatic rings. The summed E-state index contributed by atoms with van der Waals surface area (Å²) in [5, 5.41) is 2.95. The summed E-state index contributed by atoms with van der Waals surface area (Å²) < 4.78 is 31.7. The number of anilines is 1. The number of likely N-dealkylation sites (N-methyl/N-ethyl adjacent to an activating group) is 1. The Hall–Kier alpha value is -1.61. The highest BCUT2D eigenvalue weighted by molar-refractivity contribution is 9.10. The van der Waals surface area contributed by atoms with Gasteiger partial charge in [0.1, 0.15) is 5.75 Å². The molecule has 2 rings (SSSR count). The number of sulfonamides is 1. The molecule has 0 radical (unpaired) electrons. The second-order valence-electron chi connectivity index (χ2n) is 5.11. The normalized spacial score (nSPS) is 11.4. The molecule has 0 atom stereocenters. The molecule has 0 bridgehead atoms. The van der Waals surface area contributed by atoms with Crippen molar-refractivity contribution in [2.45, 2.75) is 4.90 Å². The minimum absolute atomic E-state index is 0.110. The van der Waals surface area contributed by atoms with E-state index < -0.39 is 15.9 Å². The van der Waals surface area contributed by atoms with Crippen molar-refractivity contribution in [3.63, 3.8) is 0 Å². The van der Waals surface area contributed by atoms with Gasteiger partial charge in [-0.25, -0.2) is 8.42 Å². The quantitative estimate of drug-likeness (QED) is 0.737. The third kappa shape index (κ3) is 4.94. The van der Waals surface area contributed by atoms with Crippen molar-refractivity contribution < 1.29 is 17.9 Å². The van der Waals surface area contributed by atoms with Crippen molar-refractivity contribution in [1.82, 2.24) is 4.31 Å². The standard InChI is InChI=1S/C16H16BrClN2O4S/c1-20(25(22,23)13-6-3-11(17)4-7-13)10-16(21)19-12-5-8-15(24-2)14(18)9-12/h3-9H,10H2,1-2H3,(H,19,21). The van der Waals surface area contributed by atoms with Gasteiger partial charge in [-0.05, 0) is 42.5 Å². The number of benzene rings is 2. The third-order valence-electron chi connectivity index (χ3n) is 3.32. The van der Waals surface area contributed by atoms with E-state index in [4.69, 9.17) is 16.3 Å². The molecular weight excluding hydrogens is 432 g/mol. The summed E-state index contributed by atoms with van der Waals surface area (Å²) in [6, 6.07) is 10.9. The molecule has 0 unspecified atom stereocenters. The molecule has 25 heavy (non-hydrogen) atoms. The average Bonchev–Trinajstić information content (AvgIpc) is 2.55. The summed E-state index contributed by atoms with van der Waals surface area (Å²) in [4.78, 5) is 12.2. The van der Waals surface area contributed by atoms with Crippen molar-refractivity contribution in [2.75, 3.05) is 26.0 Å². The maximum absolute atomic E-state index is 12.5. The fraction of sp³-hybridized carbons (Fsp3) is 0.188. The van der Waals surface area contributed by atoms with Crippen molar-refractivity contribution in [1.29, 1.82) is 0 Å². The summed E-state index contributed by atoms with van der Waals surface area (Å²) in [7, 11) is -0.924. The maximum atomic E-state index is 12.5. The predicted molar refractivity (Wildman–Crippen MR) is 101 cm³/mol. The lowest BCUT2D eigenvalue weighted by atomic mass is 10.3. The number of hydrogen-bond donors (Lipinski definition) is 1. The summed E-state index contributed by atoms with van der Waals surface area (Å²) in [6.07, 6.45) is 0. The lowest BCUT2D eigenvalue weighted by molar-refractivity contribution is -0.116. The minimum Gasteiger partial charge on any atom is -0.495 e. The third-order valence-corrected chi connectivity index (χ3v) is 5.97. The molecule has 0 aliphatic carbocycles. The Morgan fingerprint density at radius 3 is 2.44 bits per heavy atom. The molecule has 1 N–H and O–H groups in total. The summed E-state index contributed by atoms with van der Waals surface area (Å²) in [5.74, 6) is -0.000907. The van der Waals surface area contributed by atoms with Gasteiger partial charge in [0.15, 0.2) is 0 Å². The molecule has 0 saturated carbocycles. The first-order valence-electron chi connectivity index (χ1n) is 7.09. The molecule has 0 aromatic heterocycles. The zero-order valence-corrected chi connectivity index (χ0v) is 16.7. The van der Waals surface area contributed by atoms with Crippen LogP contribution in [0.2, 0.25) is 5.02 Å². The van der Waals surface area contributed by atoms with Gasteiger partial charge < -0.3 is 10.1 Å². The van der Waals surface area contributed by atoms with Crippen LogP contribution in [-0.4, -0.2) is 39.3 Å². The lowest BCUT2D eigenvalue weighted by Crippen LogP contribution is -2.34. The lowest BCUT2D eigenvalue weighted by Gasteiger charge is -2.17. The van der Waals surface area contributed by atoms with E-state index in [0.717, 1.165) is 8.78 Å². The van der Waals surface area contributed by atoms with Gasteiger partial charge in [0, 0.05) is 17.2 Å². The Bertz CT molecular complexity index is 872. The first-order chi connectivity index (χ1) is 11.7. The second kappa shape index (κ2) is 8.18. The molecule has 0 spiro atoms. The number of carbonyl (C=O) groups excluding carboxylic acids is 1. The monoisotopic (exact) mass is 446 g/mol. The molecular formula is C16H16BrClN2O4S. The number of nitrogens with one attached hydrogen (secondary N) is 1. The summed E-state index contributed by atoms with van der Waals surface area (Å²) in [5.41, 5.74) is 0.449. The fourth-order valence-electron chi connectivity index (χ4n) is 2.02. The van der Waals surface area contributed by atoms with Crippen LogP contribution >= 0.6 is 27.5 Å². The van der Waals surface area contributed by atoms with Crippen LogP contribution in [0, 0.1) is 0 Å². The number of halogens is 2. The molecule has 2 aromatic carbocycles. The number of methoxy groups -OCH3 is 1. The smallest absolute Gasteiger partial charge is 0.243 e. The van der Waals surface area contributed by atoms with E-state index in [1.165, 1.54) is 32.4 Å². The highest BCUT2D eigenvalue weighted by Crippen LogP contribution is 2.27. The van der Waals surface area contributed by atoms with Gasteiger partial charge in [-0.3, -0.25) is 4.79 Å². The van der Waals surface area contributed by atoms with Crippen molar-refractivity contribution in [3.8, 4) is 5.75 Å². The van der Waals surface area contributed by atoms with Crippen LogP contribution in [0.15, 0.2) is 51.8 Å². The molecule has 0 aliphatic heterocycles. The first-order valence-corrected chi connectivity index (χ1v) is 9.70. The van der Waals surface area contributed by atoms with Gasteiger partial charge in [-0.15, -0.1) is 0 Å². The molecule has 2 aromatic rings. The number of amides is 1. The first kappa shape index (κ1) is 19.7. The zero-order chi connectivity index (χ0) is 18.6. The van der Waals surface area contributed by atoms with Gasteiger partial charge in [0.2, 0.25) is 15.9 Å². The molecule has 0 heterocycles. The molecule has 0 saturated heterocycles. The van der Waals surface area contributed by atoms with E-state index in [1.807, 2.05) is 0 Å². The average molecular weight is 448 g/mol. The van der Waals surface area contributed by atoms with E-state index in [1.54, 1.807) is 24.3 Å². The molecule has 1 amide bonds. The van der Waals surface area contributed by atoms with Gasteiger partial charge in [-0.1, -0.05) is 27.5 Å². The van der Waals surface area contributed by atoms with Crippen LogP contribution in [0.1, 0.15) is 0 Å². The van der Waals surface area contributed by atoms with E-state index >= 15 is 0 Å². The van der Waals surface area contributed by atoms with Crippen molar-refractivity contribution >= 4 is 49.1 Å². The van der Waals surface area contributed by atoms with Gasteiger partial charge in [0.25, 0.3) is 0 Å². The van der Waals surface area contributed by atoms with Gasteiger partial charge >= 0.3 is 0 Å². The zero-order valence-electron chi connectivity index (χ0n) is 13.5. The Labute approximate surface area is 159 Å². The molecule has 6 nitrogen and oxygen atoms in total. The second-order valence-corrected chi connectivity index (χ2v) is 8.48. The number of hydrogen-bond acceptors (Lipinski definition) is 4. The van der Waals surface area contributed by atoms with E-state index in [9.17, 15) is 13.2 Å². The SMILES string of the molecule is COc1ccc(NC(=O)CN(C)S(=O)(=O)c2ccc(Br)cc2)cc1Cl. The van der Waals surface area contributed by atoms with Crippen molar-refractivity contribution in [3.05, 3.63) is 52.0 Å². The van der Waals surface area contributed by atoms with E-state index in [0.29, 0.717) is 16.5 Å². The van der Waals surface area contributed by atoms with Crippen molar-refractivity contribution in [2.24, 2.45) is 0 Å².